The number of hydrogen-bond donors (Lipinski definition) is 2. The summed E-state index contributed by atoms with van der Waals surface area (Å²) in [5.74, 6) is -14.2. The molecule has 4 aromatic rings. The fourth-order valence-corrected chi connectivity index (χ4v) is 10.5. The van der Waals surface area contributed by atoms with Crippen LogP contribution >= 0.6 is 0 Å². The number of carbonyl (C=O) groups excluding carboxylic acids is 5. The van der Waals surface area contributed by atoms with E-state index in [1.807, 2.05) is 0 Å². The number of alkyl halides is 10. The SMILES string of the molecule is CC(C)(C)CC(C)(C)N(C(=O)ON(C(=O)c1cc(C(F)(F)F)cnc1N1CCC(F)(F)CCC1=O)c1ccnc(S(N)(=O)=O)c1)S(=O)(=O)c1cc(NC(=O)c2cc(C(F)(F)F)cnc2N2CCC(F)(F)CCC2=O)ccn1. The van der Waals surface area contributed by atoms with Crippen molar-refractivity contribution in [1.82, 2.24) is 24.2 Å². The highest BCUT2D eigenvalue weighted by atomic mass is 32.2. The van der Waals surface area contributed by atoms with E-state index in [9.17, 15) is 84.7 Å². The van der Waals surface area contributed by atoms with Crippen LogP contribution in [0.15, 0.2) is 71.2 Å². The van der Waals surface area contributed by atoms with Crippen LogP contribution in [0.4, 0.5) is 71.7 Å². The molecule has 0 spiro atoms. The zero-order chi connectivity index (χ0) is 57.6. The molecule has 0 unspecified atom stereocenters. The molecule has 0 aromatic carbocycles. The summed E-state index contributed by atoms with van der Waals surface area (Å²) >= 11 is 0. The number of anilines is 4. The quantitative estimate of drug-likeness (QED) is 0.106. The molecule has 0 saturated carbocycles. The van der Waals surface area contributed by atoms with Crippen LogP contribution in [-0.2, 0) is 46.8 Å². The summed E-state index contributed by atoms with van der Waals surface area (Å²) in [6.45, 7) is 5.38. The lowest BCUT2D eigenvalue weighted by Gasteiger charge is -2.40. The Bertz CT molecular complexity index is 3230. The molecule has 4 aromatic heterocycles. The van der Waals surface area contributed by atoms with E-state index in [1.165, 1.54) is 0 Å². The van der Waals surface area contributed by atoms with E-state index in [0.29, 0.717) is 28.1 Å². The third-order valence-electron chi connectivity index (χ3n) is 11.6. The van der Waals surface area contributed by atoms with Gasteiger partial charge in [-0.2, -0.15) is 39.1 Å². The highest BCUT2D eigenvalue weighted by molar-refractivity contribution is 7.89. The normalized spacial score (nSPS) is 16.8. The summed E-state index contributed by atoms with van der Waals surface area (Å²) in [6.07, 6.45) is -16.7. The number of hydrogen-bond acceptors (Lipinski definition) is 14. The van der Waals surface area contributed by atoms with E-state index in [2.05, 4.69) is 25.3 Å². The number of aromatic nitrogens is 4. The van der Waals surface area contributed by atoms with Gasteiger partial charge in [-0.25, -0.2) is 55.8 Å². The Morgan fingerprint density at radius 1 is 0.701 bits per heavy atom. The second-order valence-corrected chi connectivity index (χ2v) is 22.7. The molecule has 32 heteroatoms. The predicted molar refractivity (Wildman–Crippen MR) is 249 cm³/mol. The van der Waals surface area contributed by atoms with Gasteiger partial charge in [0.1, 0.15) is 11.6 Å². The van der Waals surface area contributed by atoms with Crippen molar-refractivity contribution in [2.75, 3.05) is 33.3 Å². The van der Waals surface area contributed by atoms with Crippen LogP contribution in [0.5, 0.6) is 0 Å². The molecule has 77 heavy (non-hydrogen) atoms. The average molecular weight is 1140 g/mol. The highest BCUT2D eigenvalue weighted by Crippen LogP contribution is 2.40. The molecule has 0 atom stereocenters. The Hall–Kier alpha value is -7.09. The van der Waals surface area contributed by atoms with Crippen LogP contribution < -0.4 is 25.3 Å². The molecule has 0 bridgehead atoms. The lowest BCUT2D eigenvalue weighted by Crippen LogP contribution is -2.54. The molecule has 2 aliphatic rings. The number of amides is 5. The number of nitrogens with zero attached hydrogens (tertiary/aromatic N) is 8. The Morgan fingerprint density at radius 2 is 1.18 bits per heavy atom. The minimum absolute atomic E-state index is 0.00248. The average Bonchev–Trinajstić information content (AvgIpc) is 3.53. The number of nitrogens with two attached hydrogens (primary N) is 1. The summed E-state index contributed by atoms with van der Waals surface area (Å²) in [4.78, 5) is 91.0. The van der Waals surface area contributed by atoms with Crippen molar-refractivity contribution in [2.24, 2.45) is 10.6 Å². The maximum atomic E-state index is 15.0. The Kier molecular flexibility index (Phi) is 16.2. The predicted octanol–water partition coefficient (Wildman–Crippen LogP) is 8.11. The monoisotopic (exact) mass is 1140 g/mol. The van der Waals surface area contributed by atoms with Crippen LogP contribution in [-0.4, -0.2) is 101 Å². The van der Waals surface area contributed by atoms with E-state index < -0.39 is 192 Å². The molecule has 3 N–H and O–H groups in total. The van der Waals surface area contributed by atoms with Gasteiger partial charge in [-0.05, 0) is 49.9 Å². The van der Waals surface area contributed by atoms with Gasteiger partial charge in [0.05, 0.1) is 33.5 Å². The zero-order valence-electron chi connectivity index (χ0n) is 41.0. The number of hydroxylamine groups is 1. The van der Waals surface area contributed by atoms with Crippen molar-refractivity contribution in [3.63, 3.8) is 0 Å². The molecule has 6 heterocycles. The van der Waals surface area contributed by atoms with Gasteiger partial charge >= 0.3 is 18.4 Å². The van der Waals surface area contributed by atoms with E-state index in [4.69, 9.17) is 9.98 Å². The first-order valence-electron chi connectivity index (χ1n) is 22.6. The topological polar surface area (TPSA) is 265 Å². The third kappa shape index (κ3) is 13.9. The van der Waals surface area contributed by atoms with E-state index in [-0.39, 0.29) is 40.3 Å². The van der Waals surface area contributed by atoms with Crippen molar-refractivity contribution in [1.29, 1.82) is 0 Å². The van der Waals surface area contributed by atoms with Gasteiger partial charge in [0.2, 0.25) is 23.7 Å². The Balaban J connectivity index is 1.48. The first kappa shape index (κ1) is 59.2. The van der Waals surface area contributed by atoms with Crippen LogP contribution in [0, 0.1) is 5.41 Å². The van der Waals surface area contributed by atoms with Crippen molar-refractivity contribution in [2.45, 2.75) is 119 Å². The lowest BCUT2D eigenvalue weighted by atomic mass is 9.82. The van der Waals surface area contributed by atoms with Gasteiger partial charge in [-0.15, -0.1) is 5.06 Å². The molecule has 418 valence electrons. The van der Waals surface area contributed by atoms with E-state index >= 15 is 0 Å². The number of sulfonamides is 2. The van der Waals surface area contributed by atoms with Crippen molar-refractivity contribution < 1.29 is 89.6 Å². The van der Waals surface area contributed by atoms with E-state index in [1.54, 1.807) is 20.8 Å². The fraction of sp³-hybridized carbons (Fsp3) is 0.444. The fourth-order valence-electron chi connectivity index (χ4n) is 8.40. The van der Waals surface area contributed by atoms with E-state index in [0.717, 1.165) is 32.2 Å². The maximum absolute atomic E-state index is 15.0. The van der Waals surface area contributed by atoms with Gasteiger partial charge in [0.15, 0.2) is 10.1 Å². The standard InChI is InChI=1S/C45H46F10N10O10S2/c1-40(2,3)24-41(4,5)65(77(73,74)32-20-27(8-14-58-32)61-37(68)29-18-25(44(50,51)52)22-59-35(29)62-16-12-42(46,47)10-6-33(62)66)39(70)75-64(28-9-15-57-31(21-28)76(56,71)72)38(69)30-19-26(45(53,54)55)23-60-36(30)63-17-13-43(48,49)11-7-34(63)67/h8-9,14-15,18-23H,6-7,10-13,16-17,24H2,1-5H3,(H2,56,71,72)(H,58,61,68). The number of rotatable bonds is 11. The van der Waals surface area contributed by atoms with Crippen molar-refractivity contribution in [3.05, 3.63) is 83.4 Å². The summed E-state index contributed by atoms with van der Waals surface area (Å²) in [6, 6.07) is 3.09. The molecule has 20 nitrogen and oxygen atoms in total. The summed E-state index contributed by atoms with van der Waals surface area (Å²) in [5, 5.41) is 4.97. The Morgan fingerprint density at radius 3 is 1.68 bits per heavy atom. The van der Waals surface area contributed by atoms with Crippen LogP contribution in [0.2, 0.25) is 0 Å². The summed E-state index contributed by atoms with van der Waals surface area (Å²) in [5.41, 5.74) is -9.95. The number of halogens is 10. The molecule has 2 saturated heterocycles. The zero-order valence-corrected chi connectivity index (χ0v) is 42.6. The molecule has 2 aliphatic heterocycles. The minimum Gasteiger partial charge on any atom is -0.322 e. The maximum Gasteiger partial charge on any atom is 0.449 e. The Labute approximate surface area is 432 Å². The second-order valence-electron chi connectivity index (χ2n) is 19.5. The van der Waals surface area contributed by atoms with Crippen LogP contribution in [0.1, 0.15) is 111 Å². The molecule has 0 radical (unpaired) electrons. The molecular weight excluding hydrogens is 1090 g/mol. The smallest absolute Gasteiger partial charge is 0.322 e. The number of pyridine rings is 4. The molecule has 2 fully saturated rings. The third-order valence-corrected chi connectivity index (χ3v) is 14.2. The number of carbonyl (C=O) groups is 5. The highest BCUT2D eigenvalue weighted by Gasteiger charge is 2.48. The second kappa shape index (κ2) is 21.0. The van der Waals surface area contributed by atoms with Gasteiger partial charge in [-0.1, -0.05) is 20.8 Å². The number of primary sulfonamides is 1. The van der Waals surface area contributed by atoms with Crippen LogP contribution in [0.25, 0.3) is 0 Å². The summed E-state index contributed by atoms with van der Waals surface area (Å²) in [7, 11) is -10.4. The van der Waals surface area contributed by atoms with Gasteiger partial charge in [0.25, 0.3) is 31.9 Å². The lowest BCUT2D eigenvalue weighted by molar-refractivity contribution is -0.138. The largest absolute Gasteiger partial charge is 0.449 e. The van der Waals surface area contributed by atoms with Gasteiger partial charge in [-0.3, -0.25) is 29.0 Å². The first-order chi connectivity index (χ1) is 35.2. The first-order valence-corrected chi connectivity index (χ1v) is 25.6. The van der Waals surface area contributed by atoms with Crippen LogP contribution in [0.3, 0.4) is 0 Å². The number of nitrogens with one attached hydrogen (secondary N) is 1. The summed E-state index contributed by atoms with van der Waals surface area (Å²) < 4.78 is 198. The molecular formula is C45H46F10N10O10S2. The van der Waals surface area contributed by atoms with Crippen molar-refractivity contribution in [3.8, 4) is 0 Å². The molecule has 0 aliphatic carbocycles. The molecule has 6 rings (SSSR count). The van der Waals surface area contributed by atoms with Gasteiger partial charge in [0, 0.05) is 94.2 Å². The minimum atomic E-state index is -5.59. The molecule has 5 amide bonds. The van der Waals surface area contributed by atoms with Crippen molar-refractivity contribution >= 4 is 72.8 Å². The van der Waals surface area contributed by atoms with Gasteiger partial charge < -0.3 is 10.2 Å².